The van der Waals surface area contributed by atoms with Crippen LogP contribution in [0.2, 0.25) is 0 Å². The molecule has 21 heavy (non-hydrogen) atoms. The summed E-state index contributed by atoms with van der Waals surface area (Å²) in [6.07, 6.45) is 1.66. The van der Waals surface area contributed by atoms with Gasteiger partial charge >= 0.3 is 0 Å². The lowest BCUT2D eigenvalue weighted by atomic mass is 9.78. The molecule has 0 radical (unpaired) electrons. The third-order valence-electron chi connectivity index (χ3n) is 4.67. The Morgan fingerprint density at radius 1 is 1.33 bits per heavy atom. The lowest BCUT2D eigenvalue weighted by Gasteiger charge is -2.44. The average molecular weight is 291 g/mol. The van der Waals surface area contributed by atoms with Gasteiger partial charge in [-0.3, -0.25) is 4.79 Å². The molecular formula is C16H18FNO3. The van der Waals surface area contributed by atoms with Crippen molar-refractivity contribution in [2.75, 3.05) is 19.8 Å². The summed E-state index contributed by atoms with van der Waals surface area (Å²) in [4.78, 5) is 14.1. The number of hydrogen-bond donors (Lipinski definition) is 0. The number of carbonyl (C=O) groups is 1. The van der Waals surface area contributed by atoms with E-state index < -0.39 is 5.82 Å². The zero-order chi connectivity index (χ0) is 14.6. The molecule has 0 bridgehead atoms. The fraction of sp³-hybridized carbons (Fsp3) is 0.562. The minimum Gasteiger partial charge on any atom is -0.348 e. The Kier molecular flexibility index (Phi) is 2.84. The number of rotatable bonds is 2. The van der Waals surface area contributed by atoms with Gasteiger partial charge in [0, 0.05) is 25.9 Å². The van der Waals surface area contributed by atoms with Crippen molar-refractivity contribution in [3.63, 3.8) is 0 Å². The van der Waals surface area contributed by atoms with Crippen molar-refractivity contribution in [2.45, 2.75) is 32.1 Å². The van der Waals surface area contributed by atoms with Gasteiger partial charge in [0.1, 0.15) is 5.82 Å². The molecule has 0 unspecified atom stereocenters. The summed E-state index contributed by atoms with van der Waals surface area (Å²) >= 11 is 0. The van der Waals surface area contributed by atoms with Gasteiger partial charge in [-0.2, -0.15) is 0 Å². The van der Waals surface area contributed by atoms with E-state index in [1.54, 1.807) is 4.90 Å². The molecule has 2 aliphatic heterocycles. The number of aryl methyl sites for hydroxylation is 1. The zero-order valence-electron chi connectivity index (χ0n) is 12.0. The number of hydrogen-bond acceptors (Lipinski definition) is 3. The summed E-state index contributed by atoms with van der Waals surface area (Å²) in [6.45, 7) is 4.33. The minimum absolute atomic E-state index is 0.184. The number of amides is 1. The Balaban J connectivity index is 1.45. The second-order valence-electron chi connectivity index (χ2n) is 6.35. The van der Waals surface area contributed by atoms with E-state index in [2.05, 4.69) is 0 Å². The van der Waals surface area contributed by atoms with Crippen LogP contribution in [0, 0.1) is 18.7 Å². The van der Waals surface area contributed by atoms with Crippen LogP contribution >= 0.6 is 0 Å². The average Bonchev–Trinajstić information content (AvgIpc) is 2.95. The molecule has 1 aromatic rings. The van der Waals surface area contributed by atoms with Crippen molar-refractivity contribution >= 4 is 5.91 Å². The Labute approximate surface area is 122 Å². The molecule has 4 nitrogen and oxygen atoms in total. The molecule has 0 atom stereocenters. The van der Waals surface area contributed by atoms with Crippen molar-refractivity contribution in [3.8, 4) is 0 Å². The normalized spacial score (nSPS) is 23.7. The number of halogens is 1. The third-order valence-corrected chi connectivity index (χ3v) is 4.67. The van der Waals surface area contributed by atoms with Crippen LogP contribution in [0.4, 0.5) is 4.39 Å². The van der Waals surface area contributed by atoms with Gasteiger partial charge < -0.3 is 14.4 Å². The van der Waals surface area contributed by atoms with Crippen molar-refractivity contribution in [3.05, 3.63) is 34.6 Å². The highest BCUT2D eigenvalue weighted by molar-refractivity contribution is 5.98. The lowest BCUT2D eigenvalue weighted by molar-refractivity contribution is -0.231. The van der Waals surface area contributed by atoms with Gasteiger partial charge in [0.05, 0.1) is 18.8 Å². The molecule has 5 heteroatoms. The number of fused-ring (bicyclic) bond motifs is 1. The van der Waals surface area contributed by atoms with E-state index in [0.29, 0.717) is 32.2 Å². The first-order chi connectivity index (χ1) is 10.1. The predicted molar refractivity (Wildman–Crippen MR) is 73.2 cm³/mol. The monoisotopic (exact) mass is 291 g/mol. The van der Waals surface area contributed by atoms with E-state index in [1.165, 1.54) is 6.07 Å². The Morgan fingerprint density at radius 3 is 2.76 bits per heavy atom. The molecule has 0 N–H and O–H groups in total. The number of nitrogens with zero attached hydrogens (tertiary/aromatic N) is 1. The summed E-state index contributed by atoms with van der Waals surface area (Å²) in [5.74, 6) is -0.588. The topological polar surface area (TPSA) is 38.8 Å². The molecule has 2 heterocycles. The summed E-state index contributed by atoms with van der Waals surface area (Å²) in [6, 6.07) is 3.33. The maximum atomic E-state index is 14.0. The first-order valence-corrected chi connectivity index (χ1v) is 7.42. The highest BCUT2D eigenvalue weighted by Gasteiger charge is 2.50. The van der Waals surface area contributed by atoms with Crippen molar-refractivity contribution in [1.29, 1.82) is 0 Å². The SMILES string of the molecule is Cc1cc(F)c2c(c1)CN(CC1CC3(C1)OCCO3)C2=O. The van der Waals surface area contributed by atoms with Gasteiger partial charge in [-0.1, -0.05) is 6.07 Å². The molecule has 1 aromatic carbocycles. The zero-order valence-corrected chi connectivity index (χ0v) is 12.0. The van der Waals surface area contributed by atoms with Crippen LogP contribution in [0.15, 0.2) is 12.1 Å². The van der Waals surface area contributed by atoms with Gasteiger partial charge in [-0.15, -0.1) is 0 Å². The molecule has 1 saturated carbocycles. The predicted octanol–water partition coefficient (Wildman–Crippen LogP) is 2.24. The van der Waals surface area contributed by atoms with E-state index in [4.69, 9.17) is 9.47 Å². The van der Waals surface area contributed by atoms with Gasteiger partial charge in [-0.25, -0.2) is 4.39 Å². The van der Waals surface area contributed by atoms with Gasteiger partial charge in [0.25, 0.3) is 5.91 Å². The van der Waals surface area contributed by atoms with E-state index in [9.17, 15) is 9.18 Å². The fourth-order valence-corrected chi connectivity index (χ4v) is 3.75. The smallest absolute Gasteiger partial charge is 0.257 e. The third kappa shape index (κ3) is 2.07. The molecule has 112 valence electrons. The quantitative estimate of drug-likeness (QED) is 0.839. The van der Waals surface area contributed by atoms with Crippen LogP contribution in [-0.2, 0) is 16.0 Å². The second kappa shape index (κ2) is 4.52. The fourth-order valence-electron chi connectivity index (χ4n) is 3.75. The van der Waals surface area contributed by atoms with Crippen LogP contribution in [0.1, 0.15) is 34.3 Å². The van der Waals surface area contributed by atoms with E-state index in [0.717, 1.165) is 24.0 Å². The highest BCUT2D eigenvalue weighted by Crippen LogP contribution is 2.45. The second-order valence-corrected chi connectivity index (χ2v) is 6.35. The maximum absolute atomic E-state index is 14.0. The van der Waals surface area contributed by atoms with Crippen LogP contribution in [0.3, 0.4) is 0 Å². The largest absolute Gasteiger partial charge is 0.348 e. The first-order valence-electron chi connectivity index (χ1n) is 7.42. The molecule has 4 rings (SSSR count). The molecule has 1 saturated heterocycles. The molecular weight excluding hydrogens is 273 g/mol. The molecule has 1 spiro atoms. The van der Waals surface area contributed by atoms with E-state index in [1.807, 2.05) is 13.0 Å². The van der Waals surface area contributed by atoms with E-state index >= 15 is 0 Å². The lowest BCUT2D eigenvalue weighted by Crippen LogP contribution is -2.49. The number of carbonyl (C=O) groups excluding carboxylic acids is 1. The number of ether oxygens (including phenoxy) is 2. The first kappa shape index (κ1) is 13.2. The van der Waals surface area contributed by atoms with Crippen LogP contribution in [0.5, 0.6) is 0 Å². The molecule has 1 aliphatic carbocycles. The summed E-state index contributed by atoms with van der Waals surface area (Å²) in [5, 5.41) is 0. The van der Waals surface area contributed by atoms with Crippen LogP contribution < -0.4 is 0 Å². The highest BCUT2D eigenvalue weighted by atomic mass is 19.1. The van der Waals surface area contributed by atoms with E-state index in [-0.39, 0.29) is 17.3 Å². The van der Waals surface area contributed by atoms with Crippen molar-refractivity contribution in [2.24, 2.45) is 5.92 Å². The number of benzene rings is 1. The maximum Gasteiger partial charge on any atom is 0.257 e. The summed E-state index contributed by atoms with van der Waals surface area (Å²) < 4.78 is 25.2. The van der Waals surface area contributed by atoms with Crippen LogP contribution in [0.25, 0.3) is 0 Å². The molecule has 1 amide bonds. The van der Waals surface area contributed by atoms with Crippen molar-refractivity contribution in [1.82, 2.24) is 4.90 Å². The Hall–Kier alpha value is -1.46. The summed E-state index contributed by atoms with van der Waals surface area (Å²) in [7, 11) is 0. The van der Waals surface area contributed by atoms with Gasteiger partial charge in [-0.05, 0) is 30.0 Å². The van der Waals surface area contributed by atoms with Crippen LogP contribution in [-0.4, -0.2) is 36.4 Å². The Morgan fingerprint density at radius 2 is 2.05 bits per heavy atom. The standard InChI is InChI=1S/C16H18FNO3/c1-10-4-12-9-18(15(19)14(12)13(17)5-10)8-11-6-16(7-11)20-2-3-21-16/h4-5,11H,2-3,6-9H2,1H3. The summed E-state index contributed by atoms with van der Waals surface area (Å²) in [5.41, 5.74) is 1.92. The van der Waals surface area contributed by atoms with Crippen molar-refractivity contribution < 1.29 is 18.7 Å². The molecule has 2 fully saturated rings. The van der Waals surface area contributed by atoms with Gasteiger partial charge in [0.15, 0.2) is 5.79 Å². The van der Waals surface area contributed by atoms with Gasteiger partial charge in [0.2, 0.25) is 0 Å². The molecule has 0 aromatic heterocycles. The minimum atomic E-state index is -0.398. The Bertz CT molecular complexity index is 602. The molecule has 3 aliphatic rings.